The fraction of sp³-hybridized carbons (Fsp3) is 0.375. The van der Waals surface area contributed by atoms with Gasteiger partial charge in [0, 0.05) is 5.56 Å². The summed E-state index contributed by atoms with van der Waals surface area (Å²) in [6.07, 6.45) is 5.10. The summed E-state index contributed by atoms with van der Waals surface area (Å²) in [6, 6.07) is 18.5. The summed E-state index contributed by atoms with van der Waals surface area (Å²) in [4.78, 5) is 25.2. The van der Waals surface area contributed by atoms with Crippen molar-refractivity contribution in [3.8, 4) is 22.6 Å². The van der Waals surface area contributed by atoms with Crippen molar-refractivity contribution >= 4 is 23.6 Å². The number of benzene rings is 3. The van der Waals surface area contributed by atoms with E-state index in [1.54, 1.807) is 17.8 Å². The number of hydrogen-bond donors (Lipinski definition) is 2. The van der Waals surface area contributed by atoms with Crippen molar-refractivity contribution in [1.29, 1.82) is 0 Å². The number of fused-ring (bicyclic) bond motifs is 1. The molecule has 0 bridgehead atoms. The predicted molar refractivity (Wildman–Crippen MR) is 158 cm³/mol. The molecule has 1 aliphatic rings. The van der Waals surface area contributed by atoms with Crippen LogP contribution in [0, 0.1) is 6.92 Å². The van der Waals surface area contributed by atoms with Crippen LogP contribution in [0.5, 0.6) is 11.5 Å². The molecule has 0 saturated heterocycles. The summed E-state index contributed by atoms with van der Waals surface area (Å²) in [6.45, 7) is 4.74. The molecule has 0 fully saturated rings. The lowest BCUT2D eigenvalue weighted by Crippen LogP contribution is -2.41. The van der Waals surface area contributed by atoms with Crippen LogP contribution in [0.2, 0.25) is 0 Å². The lowest BCUT2D eigenvalue weighted by atomic mass is 9.93. The quantitative estimate of drug-likeness (QED) is 0.223. The Morgan fingerprint density at radius 1 is 1.02 bits per heavy atom. The molecular formula is C32H37NO6S. The fourth-order valence-corrected chi connectivity index (χ4v) is 5.22. The van der Waals surface area contributed by atoms with Gasteiger partial charge in [0.2, 0.25) is 6.79 Å². The van der Waals surface area contributed by atoms with E-state index in [9.17, 15) is 14.7 Å². The van der Waals surface area contributed by atoms with Crippen molar-refractivity contribution in [3.05, 3.63) is 82.9 Å². The van der Waals surface area contributed by atoms with Crippen molar-refractivity contribution in [2.75, 3.05) is 18.8 Å². The Bertz CT molecular complexity index is 1330. The zero-order chi connectivity index (χ0) is 28.5. The molecule has 40 heavy (non-hydrogen) atoms. The topological polar surface area (TPSA) is 94.1 Å². The van der Waals surface area contributed by atoms with Crippen molar-refractivity contribution in [3.63, 3.8) is 0 Å². The minimum atomic E-state index is -1.04. The van der Waals surface area contributed by atoms with Crippen molar-refractivity contribution in [1.82, 2.24) is 5.32 Å². The molecule has 0 radical (unpaired) electrons. The number of rotatable bonds is 14. The Hall–Kier alpha value is -3.49. The molecule has 3 aromatic carbocycles. The normalized spacial score (nSPS) is 13.6. The van der Waals surface area contributed by atoms with Crippen LogP contribution < -0.4 is 14.8 Å². The van der Waals surface area contributed by atoms with E-state index < -0.39 is 17.9 Å². The molecule has 7 nitrogen and oxygen atoms in total. The molecule has 1 aliphatic heterocycles. The largest absolute Gasteiger partial charge is 0.480 e. The maximum atomic E-state index is 13.4. The van der Waals surface area contributed by atoms with E-state index in [1.807, 2.05) is 67.8 Å². The monoisotopic (exact) mass is 563 g/mol. The standard InChI is InChI=1S/C32H37NO6S/c1-4-5-10-28(23-12-14-29-30(18-23)39-20-38-29)37-19-22-11-13-25(26(17-22)24-9-7-6-8-21(24)2)31(34)33-27(32(35)36)15-16-40-3/h6-9,11-14,17-18,27-28H,4-5,10,15-16,19-20H2,1-3H3,(H,33,34)(H,35,36)/t27-,28-/m0/s1. The highest BCUT2D eigenvalue weighted by atomic mass is 32.2. The minimum Gasteiger partial charge on any atom is -0.480 e. The lowest BCUT2D eigenvalue weighted by molar-refractivity contribution is -0.139. The highest BCUT2D eigenvalue weighted by Gasteiger charge is 2.23. The van der Waals surface area contributed by atoms with Crippen LogP contribution in [0.15, 0.2) is 60.7 Å². The summed E-state index contributed by atoms with van der Waals surface area (Å²) in [5.74, 6) is 0.679. The molecule has 0 spiro atoms. The SMILES string of the molecule is CCCC[C@H](OCc1ccc(C(=O)N[C@@H](CCSC)C(=O)O)c(-c2ccccc2C)c1)c1ccc2c(c1)OCO2. The Kier molecular flexibility index (Phi) is 10.5. The molecule has 0 aliphatic carbocycles. The molecule has 0 aromatic heterocycles. The molecule has 0 saturated carbocycles. The van der Waals surface area contributed by atoms with Gasteiger partial charge in [-0.1, -0.05) is 56.2 Å². The van der Waals surface area contributed by atoms with Crippen LogP contribution in [0.25, 0.3) is 11.1 Å². The van der Waals surface area contributed by atoms with Crippen LogP contribution in [-0.4, -0.2) is 41.8 Å². The number of hydrogen-bond acceptors (Lipinski definition) is 6. The van der Waals surface area contributed by atoms with Gasteiger partial charge in [0.05, 0.1) is 12.7 Å². The van der Waals surface area contributed by atoms with Gasteiger partial charge in [0.1, 0.15) is 6.04 Å². The second-order valence-corrected chi connectivity index (χ2v) is 10.9. The van der Waals surface area contributed by atoms with Crippen LogP contribution in [0.1, 0.15) is 65.8 Å². The molecule has 4 rings (SSSR count). The molecule has 1 amide bonds. The Morgan fingerprint density at radius 2 is 1.82 bits per heavy atom. The van der Waals surface area contributed by atoms with Gasteiger partial charge in [-0.05, 0) is 83.9 Å². The van der Waals surface area contributed by atoms with E-state index in [0.717, 1.165) is 58.6 Å². The van der Waals surface area contributed by atoms with Crippen LogP contribution in [0.4, 0.5) is 0 Å². The number of carboxylic acids is 1. The first-order valence-electron chi connectivity index (χ1n) is 13.6. The number of nitrogens with one attached hydrogen (secondary N) is 1. The zero-order valence-electron chi connectivity index (χ0n) is 23.3. The average molecular weight is 564 g/mol. The third-order valence-corrected chi connectivity index (χ3v) is 7.66. The number of ether oxygens (including phenoxy) is 3. The lowest BCUT2D eigenvalue weighted by Gasteiger charge is -2.20. The van der Waals surface area contributed by atoms with Crippen LogP contribution in [0.3, 0.4) is 0 Å². The summed E-state index contributed by atoms with van der Waals surface area (Å²) in [5, 5.41) is 12.4. The number of amides is 1. The van der Waals surface area contributed by atoms with Gasteiger partial charge in [0.25, 0.3) is 5.91 Å². The van der Waals surface area contributed by atoms with Gasteiger partial charge in [0.15, 0.2) is 11.5 Å². The Balaban J connectivity index is 1.60. The smallest absolute Gasteiger partial charge is 0.326 e. The van der Waals surface area contributed by atoms with Crippen molar-refractivity contribution in [2.45, 2.75) is 58.3 Å². The van der Waals surface area contributed by atoms with E-state index in [0.29, 0.717) is 24.3 Å². The molecule has 0 unspecified atom stereocenters. The number of unbranched alkanes of at least 4 members (excludes halogenated alkanes) is 1. The first kappa shape index (κ1) is 29.5. The zero-order valence-corrected chi connectivity index (χ0v) is 24.1. The van der Waals surface area contributed by atoms with Crippen LogP contribution >= 0.6 is 11.8 Å². The highest BCUT2D eigenvalue weighted by Crippen LogP contribution is 2.37. The molecule has 3 aromatic rings. The number of aryl methyl sites for hydroxylation is 1. The van der Waals surface area contributed by atoms with Gasteiger partial charge in [-0.2, -0.15) is 11.8 Å². The van der Waals surface area contributed by atoms with E-state index in [-0.39, 0.29) is 12.9 Å². The first-order chi connectivity index (χ1) is 19.4. The van der Waals surface area contributed by atoms with Gasteiger partial charge in [-0.3, -0.25) is 4.79 Å². The number of aliphatic carboxylic acids is 1. The Morgan fingerprint density at radius 3 is 2.58 bits per heavy atom. The van der Waals surface area contributed by atoms with Gasteiger partial charge in [-0.25, -0.2) is 4.79 Å². The second-order valence-electron chi connectivity index (χ2n) is 9.90. The van der Waals surface area contributed by atoms with Gasteiger partial charge in [-0.15, -0.1) is 0 Å². The number of carbonyl (C=O) groups excluding carboxylic acids is 1. The fourth-order valence-electron chi connectivity index (χ4n) is 4.75. The van der Waals surface area contributed by atoms with Crippen molar-refractivity contribution < 1.29 is 28.9 Å². The van der Waals surface area contributed by atoms with E-state index in [1.165, 1.54) is 0 Å². The molecule has 1 heterocycles. The third kappa shape index (κ3) is 7.37. The molecule has 212 valence electrons. The predicted octanol–water partition coefficient (Wildman–Crippen LogP) is 6.77. The average Bonchev–Trinajstić information content (AvgIpc) is 3.43. The minimum absolute atomic E-state index is 0.118. The number of thioether (sulfide) groups is 1. The summed E-state index contributed by atoms with van der Waals surface area (Å²) in [7, 11) is 0. The summed E-state index contributed by atoms with van der Waals surface area (Å²) >= 11 is 1.55. The molecule has 8 heteroatoms. The summed E-state index contributed by atoms with van der Waals surface area (Å²) in [5.41, 5.74) is 5.09. The van der Waals surface area contributed by atoms with Crippen molar-refractivity contribution in [2.24, 2.45) is 0 Å². The van der Waals surface area contributed by atoms with Crippen LogP contribution in [-0.2, 0) is 16.1 Å². The van der Waals surface area contributed by atoms with Gasteiger partial charge < -0.3 is 24.6 Å². The van der Waals surface area contributed by atoms with E-state index in [4.69, 9.17) is 14.2 Å². The number of carboxylic acid groups (broad SMARTS) is 1. The summed E-state index contributed by atoms with van der Waals surface area (Å²) < 4.78 is 17.5. The number of carbonyl (C=O) groups is 2. The van der Waals surface area contributed by atoms with Gasteiger partial charge >= 0.3 is 5.97 Å². The maximum absolute atomic E-state index is 13.4. The first-order valence-corrected chi connectivity index (χ1v) is 15.0. The van der Waals surface area contributed by atoms with E-state index >= 15 is 0 Å². The third-order valence-electron chi connectivity index (χ3n) is 7.02. The Labute approximate surface area is 240 Å². The molecule has 2 N–H and O–H groups in total. The highest BCUT2D eigenvalue weighted by molar-refractivity contribution is 7.98. The van der Waals surface area contributed by atoms with E-state index in [2.05, 4.69) is 12.2 Å². The second kappa shape index (κ2) is 14.2. The molecule has 2 atom stereocenters. The maximum Gasteiger partial charge on any atom is 0.326 e. The molecular weight excluding hydrogens is 526 g/mol.